The number of pyridine rings is 2. The van der Waals surface area contributed by atoms with E-state index in [0.29, 0.717) is 0 Å². The molecule has 0 amide bonds. The standard InChI is InChI=1S/C12H11NO.C12H11NS/c2*1-10-2-4-11(5-3-10)14-12-6-8-13-9-7-12/h2*2-9H,1H3. The van der Waals surface area contributed by atoms with Crippen LogP contribution < -0.4 is 4.74 Å². The maximum Gasteiger partial charge on any atom is 0.130 e. The lowest BCUT2D eigenvalue weighted by Gasteiger charge is -2.04. The van der Waals surface area contributed by atoms with Gasteiger partial charge in [0.05, 0.1) is 0 Å². The summed E-state index contributed by atoms with van der Waals surface area (Å²) in [4.78, 5) is 10.4. The summed E-state index contributed by atoms with van der Waals surface area (Å²) < 4.78 is 5.59. The molecule has 4 aromatic rings. The van der Waals surface area contributed by atoms with Crippen molar-refractivity contribution in [2.45, 2.75) is 23.6 Å². The fourth-order valence-corrected chi connectivity index (χ4v) is 3.10. The Morgan fingerprint density at radius 2 is 0.964 bits per heavy atom. The Labute approximate surface area is 170 Å². The zero-order valence-corrected chi connectivity index (χ0v) is 16.8. The molecular formula is C24H22N2OS. The number of rotatable bonds is 4. The van der Waals surface area contributed by atoms with E-state index in [1.165, 1.54) is 20.9 Å². The Balaban J connectivity index is 0.000000161. The van der Waals surface area contributed by atoms with Crippen molar-refractivity contribution in [3.8, 4) is 11.5 Å². The lowest BCUT2D eigenvalue weighted by atomic mass is 10.2. The fraction of sp³-hybridized carbons (Fsp3) is 0.0833. The topological polar surface area (TPSA) is 35.0 Å². The minimum Gasteiger partial charge on any atom is -0.457 e. The SMILES string of the molecule is Cc1ccc(Oc2ccncc2)cc1.Cc1ccc(Sc2ccncc2)cc1. The molecule has 0 bridgehead atoms. The molecule has 28 heavy (non-hydrogen) atoms. The number of hydrogen-bond donors (Lipinski definition) is 0. The Morgan fingerprint density at radius 3 is 1.54 bits per heavy atom. The third kappa shape index (κ3) is 6.56. The van der Waals surface area contributed by atoms with Crippen LogP contribution in [0.2, 0.25) is 0 Å². The molecule has 0 saturated heterocycles. The molecule has 2 aromatic heterocycles. The Hall–Kier alpha value is -3.11. The van der Waals surface area contributed by atoms with Crippen LogP contribution in [0.3, 0.4) is 0 Å². The fourth-order valence-electron chi connectivity index (χ4n) is 2.30. The maximum atomic E-state index is 5.59. The van der Waals surface area contributed by atoms with Gasteiger partial charge in [-0.3, -0.25) is 9.97 Å². The van der Waals surface area contributed by atoms with E-state index in [9.17, 15) is 0 Å². The van der Waals surface area contributed by atoms with Crippen molar-refractivity contribution in [1.82, 2.24) is 9.97 Å². The summed E-state index contributed by atoms with van der Waals surface area (Å²) in [5, 5.41) is 0. The number of hydrogen-bond acceptors (Lipinski definition) is 4. The van der Waals surface area contributed by atoms with Crippen LogP contribution in [0.5, 0.6) is 11.5 Å². The molecule has 4 heteroatoms. The highest BCUT2D eigenvalue weighted by atomic mass is 32.2. The molecule has 0 spiro atoms. The molecule has 0 fully saturated rings. The van der Waals surface area contributed by atoms with Crippen LogP contribution in [0, 0.1) is 13.8 Å². The second-order valence-corrected chi connectivity index (χ2v) is 7.34. The average Bonchev–Trinajstić information content (AvgIpc) is 2.74. The van der Waals surface area contributed by atoms with Crippen molar-refractivity contribution < 1.29 is 4.74 Å². The zero-order valence-electron chi connectivity index (χ0n) is 15.9. The number of aryl methyl sites for hydroxylation is 2. The van der Waals surface area contributed by atoms with Gasteiger partial charge in [0.15, 0.2) is 0 Å². The lowest BCUT2D eigenvalue weighted by molar-refractivity contribution is 0.482. The lowest BCUT2D eigenvalue weighted by Crippen LogP contribution is -1.83. The molecule has 0 N–H and O–H groups in total. The molecule has 0 atom stereocenters. The molecule has 0 unspecified atom stereocenters. The van der Waals surface area contributed by atoms with Crippen LogP contribution in [0.25, 0.3) is 0 Å². The molecule has 2 aromatic carbocycles. The van der Waals surface area contributed by atoms with Gasteiger partial charge in [0.25, 0.3) is 0 Å². The highest BCUT2D eigenvalue weighted by molar-refractivity contribution is 7.99. The normalized spacial score (nSPS) is 9.93. The van der Waals surface area contributed by atoms with Crippen LogP contribution in [0.4, 0.5) is 0 Å². The van der Waals surface area contributed by atoms with Crippen molar-refractivity contribution in [3.63, 3.8) is 0 Å². The first-order valence-electron chi connectivity index (χ1n) is 8.98. The Morgan fingerprint density at radius 1 is 0.536 bits per heavy atom. The van der Waals surface area contributed by atoms with E-state index in [1.54, 1.807) is 24.2 Å². The highest BCUT2D eigenvalue weighted by Gasteiger charge is 1.96. The molecule has 4 rings (SSSR count). The van der Waals surface area contributed by atoms with E-state index in [-0.39, 0.29) is 0 Å². The van der Waals surface area contributed by atoms with Crippen LogP contribution in [0.1, 0.15) is 11.1 Å². The van der Waals surface area contributed by atoms with E-state index >= 15 is 0 Å². The highest BCUT2D eigenvalue weighted by Crippen LogP contribution is 2.26. The molecule has 140 valence electrons. The van der Waals surface area contributed by atoms with Crippen molar-refractivity contribution in [1.29, 1.82) is 0 Å². The van der Waals surface area contributed by atoms with Gasteiger partial charge >= 0.3 is 0 Å². The smallest absolute Gasteiger partial charge is 0.130 e. The largest absolute Gasteiger partial charge is 0.457 e. The number of benzene rings is 2. The molecule has 3 nitrogen and oxygen atoms in total. The Bertz CT molecular complexity index is 874. The molecule has 0 saturated carbocycles. The van der Waals surface area contributed by atoms with E-state index < -0.39 is 0 Å². The summed E-state index contributed by atoms with van der Waals surface area (Å²) in [7, 11) is 0. The first kappa shape index (κ1) is 19.6. The number of ether oxygens (including phenoxy) is 1. The van der Waals surface area contributed by atoms with E-state index in [4.69, 9.17) is 4.74 Å². The van der Waals surface area contributed by atoms with Gasteiger partial charge in [-0.2, -0.15) is 0 Å². The minimum absolute atomic E-state index is 0.809. The third-order valence-electron chi connectivity index (χ3n) is 3.81. The summed E-state index contributed by atoms with van der Waals surface area (Å²) in [6.07, 6.45) is 7.06. The first-order chi connectivity index (χ1) is 13.7. The molecule has 0 radical (unpaired) electrons. The number of aromatic nitrogens is 2. The monoisotopic (exact) mass is 386 g/mol. The van der Waals surface area contributed by atoms with Gasteiger partial charge in [-0.05, 0) is 62.4 Å². The first-order valence-corrected chi connectivity index (χ1v) is 9.80. The molecule has 0 aliphatic rings. The van der Waals surface area contributed by atoms with E-state index in [1.807, 2.05) is 60.9 Å². The minimum atomic E-state index is 0.809. The van der Waals surface area contributed by atoms with Gasteiger partial charge in [0.2, 0.25) is 0 Å². The average molecular weight is 387 g/mol. The Kier molecular flexibility index (Phi) is 7.21. The summed E-state index contributed by atoms with van der Waals surface area (Å²) in [6.45, 7) is 4.15. The number of nitrogens with zero attached hydrogens (tertiary/aromatic N) is 2. The zero-order chi connectivity index (χ0) is 19.6. The van der Waals surface area contributed by atoms with Gasteiger partial charge in [-0.25, -0.2) is 0 Å². The second-order valence-electron chi connectivity index (χ2n) is 6.20. The molecular weight excluding hydrogens is 364 g/mol. The molecule has 0 aliphatic carbocycles. The summed E-state index contributed by atoms with van der Waals surface area (Å²) in [6, 6.07) is 24.2. The summed E-state index contributed by atoms with van der Waals surface area (Å²) >= 11 is 1.76. The van der Waals surface area contributed by atoms with E-state index in [2.05, 4.69) is 48.1 Å². The van der Waals surface area contributed by atoms with Gasteiger partial charge in [-0.15, -0.1) is 0 Å². The summed E-state index contributed by atoms with van der Waals surface area (Å²) in [5.74, 6) is 1.66. The van der Waals surface area contributed by atoms with Crippen LogP contribution in [-0.4, -0.2) is 9.97 Å². The van der Waals surface area contributed by atoms with Crippen molar-refractivity contribution in [3.05, 3.63) is 109 Å². The molecule has 0 aliphatic heterocycles. The third-order valence-corrected chi connectivity index (χ3v) is 4.83. The van der Waals surface area contributed by atoms with Gasteiger partial charge in [0.1, 0.15) is 11.5 Å². The van der Waals surface area contributed by atoms with Crippen molar-refractivity contribution in [2.24, 2.45) is 0 Å². The van der Waals surface area contributed by atoms with Crippen LogP contribution in [0.15, 0.2) is 107 Å². The van der Waals surface area contributed by atoms with Gasteiger partial charge < -0.3 is 4.74 Å². The molecule has 2 heterocycles. The second kappa shape index (κ2) is 10.3. The van der Waals surface area contributed by atoms with Crippen LogP contribution in [-0.2, 0) is 0 Å². The van der Waals surface area contributed by atoms with Gasteiger partial charge in [-0.1, -0.05) is 47.2 Å². The summed E-state index contributed by atoms with van der Waals surface area (Å²) in [5.41, 5.74) is 2.52. The predicted octanol–water partition coefficient (Wildman–Crippen LogP) is 6.72. The van der Waals surface area contributed by atoms with Crippen molar-refractivity contribution in [2.75, 3.05) is 0 Å². The predicted molar refractivity (Wildman–Crippen MR) is 115 cm³/mol. The van der Waals surface area contributed by atoms with Crippen molar-refractivity contribution >= 4 is 11.8 Å². The quantitative estimate of drug-likeness (QED) is 0.390. The van der Waals surface area contributed by atoms with Crippen LogP contribution >= 0.6 is 11.8 Å². The van der Waals surface area contributed by atoms with E-state index in [0.717, 1.165) is 11.5 Å². The maximum absolute atomic E-state index is 5.59. The van der Waals surface area contributed by atoms with Gasteiger partial charge in [0, 0.05) is 34.6 Å².